The van der Waals surface area contributed by atoms with Crippen LogP contribution in [0.25, 0.3) is 0 Å². The minimum absolute atomic E-state index is 0.165. The molecule has 2 rings (SSSR count). The SMILES string of the molecule is Cc1ccccc1CCc1nnc(CCNC(C)(C)C)s1. The summed E-state index contributed by atoms with van der Waals surface area (Å²) in [7, 11) is 0. The number of rotatable bonds is 6. The molecule has 21 heavy (non-hydrogen) atoms. The average molecular weight is 303 g/mol. The van der Waals surface area contributed by atoms with Crippen molar-refractivity contribution in [2.24, 2.45) is 0 Å². The van der Waals surface area contributed by atoms with Crippen LogP contribution < -0.4 is 5.32 Å². The lowest BCUT2D eigenvalue weighted by Gasteiger charge is -2.19. The van der Waals surface area contributed by atoms with Crippen LogP contribution in [0.3, 0.4) is 0 Å². The van der Waals surface area contributed by atoms with E-state index >= 15 is 0 Å². The second-order valence-corrected chi connectivity index (χ2v) is 7.59. The second kappa shape index (κ2) is 7.14. The average Bonchev–Trinajstić information content (AvgIpc) is 2.84. The molecular weight excluding hydrogens is 278 g/mol. The number of aromatic nitrogens is 2. The molecule has 0 saturated heterocycles. The summed E-state index contributed by atoms with van der Waals surface area (Å²) in [5.41, 5.74) is 2.93. The fourth-order valence-electron chi connectivity index (χ4n) is 2.17. The Labute approximate surface area is 131 Å². The van der Waals surface area contributed by atoms with Gasteiger partial charge in [0.05, 0.1) is 0 Å². The Bertz CT molecular complexity index is 569. The van der Waals surface area contributed by atoms with E-state index in [0.29, 0.717) is 0 Å². The lowest BCUT2D eigenvalue weighted by molar-refractivity contribution is 0.429. The van der Waals surface area contributed by atoms with Gasteiger partial charge in [-0.1, -0.05) is 24.3 Å². The van der Waals surface area contributed by atoms with Crippen molar-refractivity contribution in [2.45, 2.75) is 52.5 Å². The summed E-state index contributed by atoms with van der Waals surface area (Å²) in [5.74, 6) is 0. The van der Waals surface area contributed by atoms with Gasteiger partial charge in [-0.25, -0.2) is 0 Å². The fourth-order valence-corrected chi connectivity index (χ4v) is 3.01. The third-order valence-corrected chi connectivity index (χ3v) is 4.42. The Hall–Kier alpha value is -1.26. The zero-order valence-electron chi connectivity index (χ0n) is 13.4. The molecule has 1 aromatic carbocycles. The number of nitrogens with one attached hydrogen (secondary N) is 1. The molecule has 0 unspecified atom stereocenters. The minimum atomic E-state index is 0.165. The highest BCUT2D eigenvalue weighted by atomic mass is 32.1. The van der Waals surface area contributed by atoms with Crippen LogP contribution >= 0.6 is 11.3 Å². The van der Waals surface area contributed by atoms with Gasteiger partial charge in [-0.15, -0.1) is 21.5 Å². The predicted octanol–water partition coefficient (Wildman–Crippen LogP) is 3.56. The Morgan fingerprint density at radius 1 is 1.00 bits per heavy atom. The Morgan fingerprint density at radius 2 is 1.67 bits per heavy atom. The van der Waals surface area contributed by atoms with E-state index in [1.807, 2.05) is 0 Å². The summed E-state index contributed by atoms with van der Waals surface area (Å²) in [4.78, 5) is 0. The maximum atomic E-state index is 4.32. The highest BCUT2D eigenvalue weighted by molar-refractivity contribution is 7.11. The molecule has 1 heterocycles. The summed E-state index contributed by atoms with van der Waals surface area (Å²) in [6.07, 6.45) is 2.98. The van der Waals surface area contributed by atoms with E-state index in [0.717, 1.165) is 35.8 Å². The molecule has 0 atom stereocenters. The highest BCUT2D eigenvalue weighted by Gasteiger charge is 2.10. The maximum absolute atomic E-state index is 4.32. The van der Waals surface area contributed by atoms with Gasteiger partial charge in [-0.3, -0.25) is 0 Å². The number of nitrogens with zero attached hydrogens (tertiary/aromatic N) is 2. The van der Waals surface area contributed by atoms with Crippen LogP contribution in [0, 0.1) is 6.92 Å². The quantitative estimate of drug-likeness (QED) is 0.886. The van der Waals surface area contributed by atoms with Gasteiger partial charge in [0.2, 0.25) is 0 Å². The van der Waals surface area contributed by atoms with E-state index in [1.165, 1.54) is 11.1 Å². The first-order chi connectivity index (χ1) is 9.94. The number of hydrogen-bond acceptors (Lipinski definition) is 4. The monoisotopic (exact) mass is 303 g/mol. The first kappa shape index (κ1) is 16.1. The maximum Gasteiger partial charge on any atom is 0.118 e. The van der Waals surface area contributed by atoms with Crippen LogP contribution in [0.4, 0.5) is 0 Å². The Balaban J connectivity index is 1.82. The highest BCUT2D eigenvalue weighted by Crippen LogP contribution is 2.15. The summed E-state index contributed by atoms with van der Waals surface area (Å²) in [5, 5.41) is 14.4. The van der Waals surface area contributed by atoms with Gasteiger partial charge in [-0.05, 0) is 45.2 Å². The fraction of sp³-hybridized carbons (Fsp3) is 0.529. The van der Waals surface area contributed by atoms with E-state index in [2.05, 4.69) is 67.5 Å². The van der Waals surface area contributed by atoms with Crippen LogP contribution in [0.1, 0.15) is 41.9 Å². The van der Waals surface area contributed by atoms with Crippen molar-refractivity contribution in [3.8, 4) is 0 Å². The van der Waals surface area contributed by atoms with Gasteiger partial charge in [0.15, 0.2) is 0 Å². The molecule has 0 fully saturated rings. The van der Waals surface area contributed by atoms with Crippen LogP contribution in [-0.4, -0.2) is 22.3 Å². The molecule has 4 heteroatoms. The van der Waals surface area contributed by atoms with Crippen molar-refractivity contribution in [3.05, 3.63) is 45.4 Å². The largest absolute Gasteiger partial charge is 0.312 e. The van der Waals surface area contributed by atoms with E-state index in [4.69, 9.17) is 0 Å². The molecule has 0 aliphatic rings. The number of benzene rings is 1. The van der Waals surface area contributed by atoms with Crippen molar-refractivity contribution >= 4 is 11.3 Å². The summed E-state index contributed by atoms with van der Waals surface area (Å²) >= 11 is 1.75. The molecule has 0 saturated carbocycles. The van der Waals surface area contributed by atoms with Gasteiger partial charge in [0, 0.05) is 24.9 Å². The zero-order chi connectivity index (χ0) is 15.3. The molecule has 0 amide bonds. The van der Waals surface area contributed by atoms with Crippen molar-refractivity contribution in [3.63, 3.8) is 0 Å². The van der Waals surface area contributed by atoms with Crippen LogP contribution in [-0.2, 0) is 19.3 Å². The van der Waals surface area contributed by atoms with Gasteiger partial charge < -0.3 is 5.32 Å². The molecule has 0 radical (unpaired) electrons. The third-order valence-electron chi connectivity index (χ3n) is 3.37. The molecule has 3 nitrogen and oxygen atoms in total. The standard InChI is InChI=1S/C17H25N3S/c1-13-7-5-6-8-14(13)9-10-15-19-20-16(21-15)11-12-18-17(2,3)4/h5-8,18H,9-12H2,1-4H3. The summed E-state index contributed by atoms with van der Waals surface area (Å²) < 4.78 is 0. The second-order valence-electron chi connectivity index (χ2n) is 6.44. The van der Waals surface area contributed by atoms with Crippen molar-refractivity contribution in [2.75, 3.05) is 6.54 Å². The van der Waals surface area contributed by atoms with Gasteiger partial charge in [0.1, 0.15) is 10.0 Å². The first-order valence-corrected chi connectivity index (χ1v) is 8.36. The summed E-state index contributed by atoms with van der Waals surface area (Å²) in [6, 6.07) is 8.56. The number of hydrogen-bond donors (Lipinski definition) is 1. The van der Waals surface area contributed by atoms with Crippen molar-refractivity contribution in [1.29, 1.82) is 0 Å². The zero-order valence-corrected chi connectivity index (χ0v) is 14.3. The van der Waals surface area contributed by atoms with E-state index < -0.39 is 0 Å². The van der Waals surface area contributed by atoms with Crippen molar-refractivity contribution < 1.29 is 0 Å². The van der Waals surface area contributed by atoms with Crippen molar-refractivity contribution in [1.82, 2.24) is 15.5 Å². The summed E-state index contributed by atoms with van der Waals surface area (Å²) in [6.45, 7) is 9.66. The topological polar surface area (TPSA) is 37.8 Å². The van der Waals surface area contributed by atoms with Gasteiger partial charge >= 0.3 is 0 Å². The number of aryl methyl sites for hydroxylation is 3. The molecule has 0 aliphatic heterocycles. The molecule has 1 aromatic heterocycles. The molecule has 114 valence electrons. The van der Waals surface area contributed by atoms with E-state index in [9.17, 15) is 0 Å². The molecule has 0 spiro atoms. The van der Waals surface area contributed by atoms with Crippen LogP contribution in [0.2, 0.25) is 0 Å². The van der Waals surface area contributed by atoms with Gasteiger partial charge in [-0.2, -0.15) is 0 Å². The first-order valence-electron chi connectivity index (χ1n) is 7.55. The van der Waals surface area contributed by atoms with E-state index in [-0.39, 0.29) is 5.54 Å². The van der Waals surface area contributed by atoms with Crippen LogP contribution in [0.15, 0.2) is 24.3 Å². The van der Waals surface area contributed by atoms with E-state index in [1.54, 1.807) is 11.3 Å². The molecular formula is C17H25N3S. The lowest BCUT2D eigenvalue weighted by Crippen LogP contribution is -2.37. The molecule has 0 bridgehead atoms. The lowest BCUT2D eigenvalue weighted by atomic mass is 10.0. The Kier molecular flexibility index (Phi) is 5.48. The third kappa shape index (κ3) is 5.56. The predicted molar refractivity (Wildman–Crippen MR) is 90.0 cm³/mol. The van der Waals surface area contributed by atoms with Gasteiger partial charge in [0.25, 0.3) is 0 Å². The normalized spacial score (nSPS) is 11.8. The smallest absolute Gasteiger partial charge is 0.118 e. The van der Waals surface area contributed by atoms with Crippen LogP contribution in [0.5, 0.6) is 0 Å². The Morgan fingerprint density at radius 3 is 2.33 bits per heavy atom. The molecule has 1 N–H and O–H groups in total. The molecule has 0 aliphatic carbocycles. The molecule has 2 aromatic rings. The minimum Gasteiger partial charge on any atom is -0.312 e.